The highest BCUT2D eigenvalue weighted by Crippen LogP contribution is 2.38. The van der Waals surface area contributed by atoms with Gasteiger partial charge in [-0.15, -0.1) is 0 Å². The number of ketones is 1. The lowest BCUT2D eigenvalue weighted by Gasteiger charge is -2.31. The van der Waals surface area contributed by atoms with Gasteiger partial charge in [0.15, 0.2) is 5.84 Å². The van der Waals surface area contributed by atoms with Crippen molar-refractivity contribution >= 4 is 34.8 Å². The van der Waals surface area contributed by atoms with Crippen molar-refractivity contribution in [2.75, 3.05) is 0 Å². The zero-order chi connectivity index (χ0) is 16.0. The molecule has 1 fully saturated rings. The van der Waals surface area contributed by atoms with Gasteiger partial charge in [0.2, 0.25) is 5.96 Å². The van der Waals surface area contributed by atoms with Crippen LogP contribution in [-0.2, 0) is 9.59 Å². The molecule has 0 radical (unpaired) electrons. The number of amidine groups is 1. The number of carbonyl (C=O) groups excluding carboxylic acids is 2. The SMILES string of the molecule is NC1=NC(=O)C2=C(c3ccccc3)C3C(=O)CCCC3=NC2=N1. The molecule has 1 amide bonds. The molecule has 1 aliphatic carbocycles. The molecule has 1 aromatic carbocycles. The molecule has 6 nitrogen and oxygen atoms in total. The number of carbonyl (C=O) groups is 2. The first-order valence-electron chi connectivity index (χ1n) is 7.52. The summed E-state index contributed by atoms with van der Waals surface area (Å²) in [5.41, 5.74) is 8.16. The topological polar surface area (TPSA) is 97.2 Å². The molecule has 0 bridgehead atoms. The third kappa shape index (κ3) is 2.14. The van der Waals surface area contributed by atoms with Crippen LogP contribution in [0.4, 0.5) is 0 Å². The molecule has 114 valence electrons. The van der Waals surface area contributed by atoms with Gasteiger partial charge in [-0.1, -0.05) is 30.3 Å². The normalized spacial score (nSPS) is 23.7. The number of Topliss-reactive ketones (excluding diaryl/α,β-unsaturated/α-hetero) is 1. The number of guanidine groups is 1. The Balaban J connectivity index is 2.00. The van der Waals surface area contributed by atoms with Crippen molar-refractivity contribution in [1.82, 2.24) is 0 Å². The zero-order valence-electron chi connectivity index (χ0n) is 12.3. The first kappa shape index (κ1) is 13.8. The summed E-state index contributed by atoms with van der Waals surface area (Å²) in [6.07, 6.45) is 2.00. The molecule has 2 aliphatic heterocycles. The fourth-order valence-corrected chi connectivity index (χ4v) is 3.34. The second kappa shape index (κ2) is 5.08. The summed E-state index contributed by atoms with van der Waals surface area (Å²) in [6.45, 7) is 0. The lowest BCUT2D eigenvalue weighted by atomic mass is 9.74. The zero-order valence-corrected chi connectivity index (χ0v) is 12.3. The number of fused-ring (bicyclic) bond motifs is 2. The Morgan fingerprint density at radius 1 is 1.00 bits per heavy atom. The Labute approximate surface area is 132 Å². The largest absolute Gasteiger partial charge is 0.368 e. The maximum Gasteiger partial charge on any atom is 0.284 e. The molecule has 0 spiro atoms. The lowest BCUT2D eigenvalue weighted by molar-refractivity contribution is -0.120. The number of nitrogens with two attached hydrogens (primary N) is 1. The van der Waals surface area contributed by atoms with Crippen LogP contribution in [0.5, 0.6) is 0 Å². The van der Waals surface area contributed by atoms with Crippen molar-refractivity contribution in [3.05, 3.63) is 41.5 Å². The van der Waals surface area contributed by atoms with Crippen molar-refractivity contribution in [1.29, 1.82) is 0 Å². The van der Waals surface area contributed by atoms with Crippen LogP contribution in [0.25, 0.3) is 5.57 Å². The van der Waals surface area contributed by atoms with Gasteiger partial charge in [0, 0.05) is 12.1 Å². The highest BCUT2D eigenvalue weighted by atomic mass is 16.1. The van der Waals surface area contributed by atoms with E-state index in [9.17, 15) is 9.59 Å². The maximum atomic E-state index is 12.5. The number of rotatable bonds is 1. The average Bonchev–Trinajstić information content (AvgIpc) is 2.54. The van der Waals surface area contributed by atoms with Crippen LogP contribution >= 0.6 is 0 Å². The van der Waals surface area contributed by atoms with Crippen molar-refractivity contribution < 1.29 is 9.59 Å². The van der Waals surface area contributed by atoms with Gasteiger partial charge in [-0.2, -0.15) is 9.98 Å². The van der Waals surface area contributed by atoms with Gasteiger partial charge in [-0.05, 0) is 24.0 Å². The molecule has 6 heteroatoms. The molecule has 0 saturated heterocycles. The Morgan fingerprint density at radius 2 is 1.78 bits per heavy atom. The monoisotopic (exact) mass is 306 g/mol. The van der Waals surface area contributed by atoms with E-state index in [1.54, 1.807) is 0 Å². The van der Waals surface area contributed by atoms with E-state index in [4.69, 9.17) is 5.73 Å². The van der Waals surface area contributed by atoms with E-state index in [0.717, 1.165) is 24.1 Å². The lowest BCUT2D eigenvalue weighted by Crippen LogP contribution is -2.38. The fourth-order valence-electron chi connectivity index (χ4n) is 3.34. The molecule has 1 unspecified atom stereocenters. The fraction of sp³-hybridized carbons (Fsp3) is 0.235. The van der Waals surface area contributed by atoms with Crippen LogP contribution in [0.1, 0.15) is 24.8 Å². The third-order valence-electron chi connectivity index (χ3n) is 4.28. The minimum absolute atomic E-state index is 0.0916. The summed E-state index contributed by atoms with van der Waals surface area (Å²) in [5.74, 6) is -0.671. The highest BCUT2D eigenvalue weighted by molar-refractivity contribution is 6.38. The van der Waals surface area contributed by atoms with Crippen LogP contribution < -0.4 is 5.73 Å². The Morgan fingerprint density at radius 3 is 2.57 bits per heavy atom. The standard InChI is InChI=1S/C17H14N4O2/c18-17-20-15-14(16(23)21-17)12(9-5-2-1-3-6-9)13-10(19-15)7-4-8-11(13)22/h1-3,5-6,13H,4,7-8H2,(H2,18,21,23). The number of nitrogens with zero attached hydrogens (tertiary/aromatic N) is 3. The van der Waals surface area contributed by atoms with Crippen LogP contribution in [0.15, 0.2) is 50.9 Å². The smallest absolute Gasteiger partial charge is 0.284 e. The minimum atomic E-state index is -0.479. The second-order valence-corrected chi connectivity index (χ2v) is 5.72. The van der Waals surface area contributed by atoms with E-state index in [1.165, 1.54) is 0 Å². The molecule has 4 rings (SSSR count). The predicted octanol–water partition coefficient (Wildman–Crippen LogP) is 1.52. The van der Waals surface area contributed by atoms with Gasteiger partial charge in [-0.25, -0.2) is 4.99 Å². The summed E-state index contributed by atoms with van der Waals surface area (Å²) in [4.78, 5) is 37.3. The maximum absolute atomic E-state index is 12.5. The Hall–Kier alpha value is -2.89. The van der Waals surface area contributed by atoms with Gasteiger partial charge in [0.1, 0.15) is 5.78 Å². The summed E-state index contributed by atoms with van der Waals surface area (Å²) >= 11 is 0. The third-order valence-corrected chi connectivity index (χ3v) is 4.28. The molecule has 1 aromatic rings. The molecule has 23 heavy (non-hydrogen) atoms. The van der Waals surface area contributed by atoms with Crippen molar-refractivity contribution in [3.8, 4) is 0 Å². The van der Waals surface area contributed by atoms with E-state index in [0.29, 0.717) is 17.6 Å². The Bertz CT molecular complexity index is 847. The average molecular weight is 306 g/mol. The number of aliphatic imine (C=N–C) groups is 3. The van der Waals surface area contributed by atoms with Gasteiger partial charge in [0.25, 0.3) is 5.91 Å². The predicted molar refractivity (Wildman–Crippen MR) is 87.2 cm³/mol. The second-order valence-electron chi connectivity index (χ2n) is 5.72. The number of amides is 1. The molecule has 2 N–H and O–H groups in total. The van der Waals surface area contributed by atoms with E-state index in [1.807, 2.05) is 30.3 Å². The van der Waals surface area contributed by atoms with E-state index in [2.05, 4.69) is 15.0 Å². The van der Waals surface area contributed by atoms with Gasteiger partial charge in [-0.3, -0.25) is 9.59 Å². The molecule has 2 heterocycles. The first-order valence-corrected chi connectivity index (χ1v) is 7.52. The number of allylic oxidation sites excluding steroid dienone is 1. The van der Waals surface area contributed by atoms with Gasteiger partial charge in [0.05, 0.1) is 11.5 Å². The first-order chi connectivity index (χ1) is 11.1. The number of hydrogen-bond acceptors (Lipinski definition) is 5. The van der Waals surface area contributed by atoms with Crippen LogP contribution in [0, 0.1) is 5.92 Å². The van der Waals surface area contributed by atoms with Crippen molar-refractivity contribution in [3.63, 3.8) is 0 Å². The Kier molecular flexibility index (Phi) is 3.04. The van der Waals surface area contributed by atoms with Gasteiger partial charge < -0.3 is 5.73 Å². The quantitative estimate of drug-likeness (QED) is 0.851. The summed E-state index contributed by atoms with van der Waals surface area (Å²) in [6, 6.07) is 9.43. The molecule has 1 saturated carbocycles. The van der Waals surface area contributed by atoms with Crippen molar-refractivity contribution in [2.45, 2.75) is 19.3 Å². The summed E-state index contributed by atoms with van der Waals surface area (Å²) in [5, 5.41) is 0. The van der Waals surface area contributed by atoms with Crippen molar-refractivity contribution in [2.24, 2.45) is 26.6 Å². The minimum Gasteiger partial charge on any atom is -0.368 e. The molecular formula is C17H14N4O2. The summed E-state index contributed by atoms with van der Waals surface area (Å²) < 4.78 is 0. The number of dihydropyridines is 1. The van der Waals surface area contributed by atoms with Crippen LogP contribution in [0.3, 0.4) is 0 Å². The molecule has 3 aliphatic rings. The van der Waals surface area contributed by atoms with Crippen LogP contribution in [0.2, 0.25) is 0 Å². The summed E-state index contributed by atoms with van der Waals surface area (Å²) in [7, 11) is 0. The highest BCUT2D eigenvalue weighted by Gasteiger charge is 2.41. The van der Waals surface area contributed by atoms with E-state index < -0.39 is 11.8 Å². The van der Waals surface area contributed by atoms with Gasteiger partial charge >= 0.3 is 0 Å². The number of benzene rings is 1. The van der Waals surface area contributed by atoms with E-state index >= 15 is 0 Å². The molecular weight excluding hydrogens is 292 g/mol. The van der Waals surface area contributed by atoms with E-state index in [-0.39, 0.29) is 17.6 Å². The molecule has 0 aromatic heterocycles. The molecule has 1 atom stereocenters. The number of hydrogen-bond donors (Lipinski definition) is 1. The van der Waals surface area contributed by atoms with Crippen LogP contribution in [-0.4, -0.2) is 29.2 Å².